The second-order valence-electron chi connectivity index (χ2n) is 7.81. The maximum atomic E-state index is 12.9. The quantitative estimate of drug-likeness (QED) is 0.756. The van der Waals surface area contributed by atoms with Gasteiger partial charge >= 0.3 is 5.97 Å². The lowest BCUT2D eigenvalue weighted by Gasteiger charge is -2.45. The molecule has 2 unspecified atom stereocenters. The Kier molecular flexibility index (Phi) is 6.89. The van der Waals surface area contributed by atoms with Crippen LogP contribution in [0, 0.1) is 0 Å². The second kappa shape index (κ2) is 9.15. The van der Waals surface area contributed by atoms with E-state index in [1.165, 1.54) is 12.8 Å². The highest BCUT2D eigenvalue weighted by Crippen LogP contribution is 2.28. The molecule has 2 heterocycles. The summed E-state index contributed by atoms with van der Waals surface area (Å²) in [7, 11) is 0. The molecule has 0 aromatic heterocycles. The SMILES string of the molecule is CCN(CC(=O)O)C1CCN(CC(=O)N2CCOC3CCCCC32)CC1. The van der Waals surface area contributed by atoms with Gasteiger partial charge in [0.25, 0.3) is 0 Å². The van der Waals surface area contributed by atoms with Gasteiger partial charge in [0.15, 0.2) is 0 Å². The van der Waals surface area contributed by atoms with Gasteiger partial charge in [0.2, 0.25) is 5.91 Å². The smallest absolute Gasteiger partial charge is 0.317 e. The van der Waals surface area contributed by atoms with E-state index < -0.39 is 5.97 Å². The number of aliphatic carboxylic acids is 1. The molecule has 3 fully saturated rings. The van der Waals surface area contributed by atoms with E-state index in [0.717, 1.165) is 51.9 Å². The number of nitrogens with zero attached hydrogens (tertiary/aromatic N) is 3. The van der Waals surface area contributed by atoms with Crippen molar-refractivity contribution in [3.8, 4) is 0 Å². The van der Waals surface area contributed by atoms with Gasteiger partial charge in [-0.05, 0) is 32.2 Å². The van der Waals surface area contributed by atoms with Crippen LogP contribution in [0.15, 0.2) is 0 Å². The highest BCUT2D eigenvalue weighted by molar-refractivity contribution is 5.78. The summed E-state index contributed by atoms with van der Waals surface area (Å²) in [6, 6.07) is 0.585. The van der Waals surface area contributed by atoms with Gasteiger partial charge in [0.1, 0.15) is 0 Å². The van der Waals surface area contributed by atoms with Crippen LogP contribution < -0.4 is 0 Å². The lowest BCUT2D eigenvalue weighted by molar-refractivity contribution is -0.151. The first-order valence-corrected chi connectivity index (χ1v) is 10.2. The number of morpholine rings is 1. The number of carboxylic acid groups (broad SMARTS) is 1. The molecular weight excluding hydrogens is 334 g/mol. The molecule has 26 heavy (non-hydrogen) atoms. The summed E-state index contributed by atoms with van der Waals surface area (Å²) in [5.74, 6) is -0.527. The zero-order valence-electron chi connectivity index (χ0n) is 15.9. The monoisotopic (exact) mass is 367 g/mol. The third kappa shape index (κ3) is 4.75. The molecule has 7 heteroatoms. The van der Waals surface area contributed by atoms with Crippen molar-refractivity contribution in [1.82, 2.24) is 14.7 Å². The minimum atomic E-state index is -0.765. The van der Waals surface area contributed by atoms with E-state index in [1.807, 2.05) is 11.8 Å². The first kappa shape index (κ1) is 19.6. The van der Waals surface area contributed by atoms with Crippen LogP contribution in [0.25, 0.3) is 0 Å². The van der Waals surface area contributed by atoms with Gasteiger partial charge in [-0.25, -0.2) is 0 Å². The summed E-state index contributed by atoms with van der Waals surface area (Å²) in [5.41, 5.74) is 0. The van der Waals surface area contributed by atoms with Crippen molar-refractivity contribution in [2.75, 3.05) is 45.9 Å². The summed E-state index contributed by atoms with van der Waals surface area (Å²) in [6.07, 6.45) is 6.65. The Balaban J connectivity index is 1.48. The summed E-state index contributed by atoms with van der Waals surface area (Å²) in [6.45, 7) is 6.48. The molecule has 1 aliphatic carbocycles. The van der Waals surface area contributed by atoms with E-state index in [4.69, 9.17) is 9.84 Å². The number of likely N-dealkylation sites (N-methyl/N-ethyl adjacent to an activating group) is 1. The van der Waals surface area contributed by atoms with Gasteiger partial charge in [-0.15, -0.1) is 0 Å². The molecule has 0 spiro atoms. The highest BCUT2D eigenvalue weighted by atomic mass is 16.5. The van der Waals surface area contributed by atoms with Crippen molar-refractivity contribution in [3.63, 3.8) is 0 Å². The molecule has 0 aromatic rings. The molecular formula is C19H33N3O4. The fourth-order valence-electron chi connectivity index (χ4n) is 4.80. The lowest BCUT2D eigenvalue weighted by Crippen LogP contribution is -2.57. The predicted molar refractivity (Wildman–Crippen MR) is 98.1 cm³/mol. The number of amides is 1. The van der Waals surface area contributed by atoms with Crippen molar-refractivity contribution in [1.29, 1.82) is 0 Å². The first-order chi connectivity index (χ1) is 12.6. The molecule has 2 atom stereocenters. The summed E-state index contributed by atoms with van der Waals surface area (Å²) >= 11 is 0. The van der Waals surface area contributed by atoms with Gasteiger partial charge in [-0.1, -0.05) is 19.8 Å². The fourth-order valence-corrected chi connectivity index (χ4v) is 4.80. The van der Waals surface area contributed by atoms with Crippen molar-refractivity contribution >= 4 is 11.9 Å². The maximum absolute atomic E-state index is 12.9. The van der Waals surface area contributed by atoms with E-state index >= 15 is 0 Å². The van der Waals surface area contributed by atoms with Crippen LogP contribution in [-0.2, 0) is 14.3 Å². The normalized spacial score (nSPS) is 28.2. The number of hydrogen-bond donors (Lipinski definition) is 1. The van der Waals surface area contributed by atoms with E-state index in [9.17, 15) is 9.59 Å². The van der Waals surface area contributed by atoms with Gasteiger partial charge in [-0.3, -0.25) is 19.4 Å². The van der Waals surface area contributed by atoms with Crippen molar-refractivity contribution in [2.45, 2.75) is 63.6 Å². The molecule has 2 saturated heterocycles. The Morgan fingerprint density at radius 1 is 1.12 bits per heavy atom. The molecule has 0 bridgehead atoms. The lowest BCUT2D eigenvalue weighted by atomic mass is 9.90. The summed E-state index contributed by atoms with van der Waals surface area (Å²) in [5, 5.41) is 9.04. The highest BCUT2D eigenvalue weighted by Gasteiger charge is 2.37. The molecule has 1 N–H and O–H groups in total. The largest absolute Gasteiger partial charge is 0.480 e. The number of likely N-dealkylation sites (tertiary alicyclic amines) is 1. The number of piperidine rings is 1. The molecule has 1 amide bonds. The van der Waals surface area contributed by atoms with E-state index in [2.05, 4.69) is 9.80 Å². The number of carbonyl (C=O) groups excluding carboxylic acids is 1. The Hall–Kier alpha value is -1.18. The summed E-state index contributed by atoms with van der Waals surface area (Å²) in [4.78, 5) is 30.2. The van der Waals surface area contributed by atoms with Gasteiger partial charge < -0.3 is 14.7 Å². The number of fused-ring (bicyclic) bond motifs is 1. The van der Waals surface area contributed by atoms with E-state index in [0.29, 0.717) is 19.2 Å². The maximum Gasteiger partial charge on any atom is 0.317 e. The third-order valence-electron chi connectivity index (χ3n) is 6.23. The third-order valence-corrected chi connectivity index (χ3v) is 6.23. The van der Waals surface area contributed by atoms with Crippen molar-refractivity contribution in [3.05, 3.63) is 0 Å². The van der Waals surface area contributed by atoms with Crippen LogP contribution in [0.1, 0.15) is 45.4 Å². The Morgan fingerprint density at radius 2 is 1.85 bits per heavy atom. The molecule has 2 aliphatic heterocycles. The minimum absolute atomic E-state index is 0.108. The van der Waals surface area contributed by atoms with Gasteiger partial charge in [-0.2, -0.15) is 0 Å². The van der Waals surface area contributed by atoms with Crippen molar-refractivity contribution in [2.24, 2.45) is 0 Å². The van der Waals surface area contributed by atoms with Crippen LogP contribution in [0.3, 0.4) is 0 Å². The molecule has 0 radical (unpaired) electrons. The van der Waals surface area contributed by atoms with Crippen LogP contribution in [0.5, 0.6) is 0 Å². The Labute approximate surface area is 156 Å². The number of ether oxygens (including phenoxy) is 1. The van der Waals surface area contributed by atoms with Crippen LogP contribution in [0.4, 0.5) is 0 Å². The van der Waals surface area contributed by atoms with Gasteiger partial charge in [0.05, 0.1) is 31.8 Å². The molecule has 1 saturated carbocycles. The predicted octanol–water partition coefficient (Wildman–Crippen LogP) is 1.03. The Bertz CT molecular complexity index is 491. The molecule has 0 aromatic carbocycles. The average Bonchev–Trinajstić information content (AvgIpc) is 2.66. The fraction of sp³-hybridized carbons (Fsp3) is 0.895. The zero-order chi connectivity index (χ0) is 18.5. The summed E-state index contributed by atoms with van der Waals surface area (Å²) < 4.78 is 5.88. The average molecular weight is 367 g/mol. The molecule has 7 nitrogen and oxygen atoms in total. The Morgan fingerprint density at radius 3 is 2.54 bits per heavy atom. The molecule has 3 rings (SSSR count). The van der Waals surface area contributed by atoms with E-state index in [1.54, 1.807) is 0 Å². The molecule has 148 valence electrons. The van der Waals surface area contributed by atoms with Gasteiger partial charge in [0, 0.05) is 25.7 Å². The minimum Gasteiger partial charge on any atom is -0.480 e. The number of carboxylic acids is 1. The van der Waals surface area contributed by atoms with E-state index in [-0.39, 0.29) is 24.6 Å². The zero-order valence-corrected chi connectivity index (χ0v) is 15.9. The second-order valence-corrected chi connectivity index (χ2v) is 7.81. The molecule has 3 aliphatic rings. The van der Waals surface area contributed by atoms with Crippen molar-refractivity contribution < 1.29 is 19.4 Å². The number of rotatable bonds is 6. The topological polar surface area (TPSA) is 73.3 Å². The standard InChI is InChI=1S/C19H33N3O4/c1-2-21(14-19(24)25)15-7-9-20(10-8-15)13-18(23)22-11-12-26-17-6-4-3-5-16(17)22/h15-17H,2-14H2,1H3,(H,24,25). The number of hydrogen-bond acceptors (Lipinski definition) is 5. The number of carbonyl (C=O) groups is 2. The van der Waals surface area contributed by atoms with Crippen LogP contribution in [-0.4, -0.2) is 95.7 Å². The van der Waals surface area contributed by atoms with Crippen LogP contribution in [0.2, 0.25) is 0 Å². The van der Waals surface area contributed by atoms with Crippen LogP contribution >= 0.6 is 0 Å². The first-order valence-electron chi connectivity index (χ1n) is 10.2.